The molecule has 4 rings (SSSR count). The Labute approximate surface area is 235 Å². The third-order valence-electron chi connectivity index (χ3n) is 7.15. The molecule has 3 N–H and O–H groups in total. The molecule has 220 valence electrons. The van der Waals surface area contributed by atoms with Crippen LogP contribution in [0.25, 0.3) is 0 Å². The third-order valence-corrected chi connectivity index (χ3v) is 8.79. The molecular weight excluding hydrogens is 538 g/mol. The fourth-order valence-electron chi connectivity index (χ4n) is 4.89. The fraction of sp³-hybridized carbons (Fsp3) is 0.536. The number of aliphatic hydroxyl groups excluding tert-OH is 1. The summed E-state index contributed by atoms with van der Waals surface area (Å²) in [6.45, 7) is 3.91. The summed E-state index contributed by atoms with van der Waals surface area (Å²) in [6.07, 6.45) is 0.471. The summed E-state index contributed by atoms with van der Waals surface area (Å²) in [5, 5.41) is 22.8. The number of benzene rings is 2. The highest BCUT2D eigenvalue weighted by Crippen LogP contribution is 2.27. The van der Waals surface area contributed by atoms with Gasteiger partial charge in [-0.25, -0.2) is 13.2 Å². The number of ether oxygens (including phenoxy) is 2. The minimum Gasteiger partial charge on any atom is -0.492 e. The van der Waals surface area contributed by atoms with Gasteiger partial charge in [-0.3, -0.25) is 9.74 Å². The minimum atomic E-state index is -4.17. The SMILES string of the molecule is O=C(O)N[C@@H](Cc1ccccc1)[C@H](O)CN(OC1CCCC1)S(=O)(=O)c1ccc(OCCN2CCOCC2)cc1. The van der Waals surface area contributed by atoms with Crippen molar-refractivity contribution in [3.8, 4) is 5.75 Å². The topological polar surface area (TPSA) is 138 Å². The number of sulfonamides is 1. The largest absolute Gasteiger partial charge is 0.492 e. The van der Waals surface area contributed by atoms with Crippen molar-refractivity contribution < 1.29 is 37.7 Å². The van der Waals surface area contributed by atoms with Crippen LogP contribution in [-0.2, 0) is 26.0 Å². The van der Waals surface area contributed by atoms with Gasteiger partial charge >= 0.3 is 6.09 Å². The van der Waals surface area contributed by atoms with Gasteiger partial charge in [0.2, 0.25) is 0 Å². The van der Waals surface area contributed by atoms with Crippen molar-refractivity contribution >= 4 is 16.1 Å². The summed E-state index contributed by atoms with van der Waals surface area (Å²) < 4.78 is 39.4. The lowest BCUT2D eigenvalue weighted by Gasteiger charge is -2.30. The number of carbonyl (C=O) groups is 1. The Morgan fingerprint density at radius 3 is 2.40 bits per heavy atom. The van der Waals surface area contributed by atoms with Crippen LogP contribution in [0.5, 0.6) is 5.75 Å². The molecule has 1 aliphatic carbocycles. The van der Waals surface area contributed by atoms with E-state index in [9.17, 15) is 23.4 Å². The van der Waals surface area contributed by atoms with Crippen molar-refractivity contribution in [1.29, 1.82) is 0 Å². The number of hydrogen-bond acceptors (Lipinski definition) is 8. The quantitative estimate of drug-likeness (QED) is 0.289. The molecule has 12 heteroatoms. The smallest absolute Gasteiger partial charge is 0.404 e. The molecule has 11 nitrogen and oxygen atoms in total. The Morgan fingerprint density at radius 1 is 1.07 bits per heavy atom. The zero-order valence-electron chi connectivity index (χ0n) is 22.6. The molecule has 0 radical (unpaired) electrons. The number of carboxylic acid groups (broad SMARTS) is 1. The van der Waals surface area contributed by atoms with Crippen LogP contribution in [0, 0.1) is 0 Å². The van der Waals surface area contributed by atoms with Gasteiger partial charge in [-0.05, 0) is 49.1 Å². The number of nitrogens with one attached hydrogen (secondary N) is 1. The van der Waals surface area contributed by atoms with E-state index in [2.05, 4.69) is 10.2 Å². The van der Waals surface area contributed by atoms with Crippen molar-refractivity contribution in [1.82, 2.24) is 14.7 Å². The van der Waals surface area contributed by atoms with Crippen LogP contribution in [0.15, 0.2) is 59.5 Å². The third kappa shape index (κ3) is 8.88. The Morgan fingerprint density at radius 2 is 1.75 bits per heavy atom. The number of hydrogen-bond donors (Lipinski definition) is 3. The van der Waals surface area contributed by atoms with Gasteiger partial charge in [0.15, 0.2) is 0 Å². The van der Waals surface area contributed by atoms with Crippen molar-refractivity contribution in [2.24, 2.45) is 0 Å². The number of hydroxylamine groups is 1. The zero-order chi connectivity index (χ0) is 28.4. The highest BCUT2D eigenvalue weighted by Gasteiger charge is 2.34. The van der Waals surface area contributed by atoms with Gasteiger partial charge in [0, 0.05) is 19.6 Å². The van der Waals surface area contributed by atoms with Gasteiger partial charge in [0.05, 0.1) is 42.9 Å². The van der Waals surface area contributed by atoms with Crippen LogP contribution in [0.2, 0.25) is 0 Å². The predicted octanol–water partition coefficient (Wildman–Crippen LogP) is 2.50. The Kier molecular flexibility index (Phi) is 11.2. The predicted molar refractivity (Wildman–Crippen MR) is 148 cm³/mol. The van der Waals surface area contributed by atoms with Crippen molar-refractivity contribution in [3.63, 3.8) is 0 Å². The van der Waals surface area contributed by atoms with E-state index in [1.54, 1.807) is 12.1 Å². The lowest BCUT2D eigenvalue weighted by atomic mass is 10.0. The standard InChI is InChI=1S/C28H39N3O8S/c32-27(26(29-28(33)34)20-22-6-2-1-3-7-22)21-31(39-24-8-4-5-9-24)40(35,36)25-12-10-23(11-13-25)38-19-16-30-14-17-37-18-15-30/h1-3,6-7,10-13,24,26-27,29,32H,4-5,8-9,14-21H2,(H,33,34)/t26-,27+/m0/s1. The molecule has 1 saturated carbocycles. The van der Waals surface area contributed by atoms with Crippen LogP contribution in [-0.4, -0.2) is 98.3 Å². The average molecular weight is 578 g/mol. The molecule has 0 aromatic heterocycles. The average Bonchev–Trinajstić information content (AvgIpc) is 3.47. The molecule has 2 fully saturated rings. The van der Waals surface area contributed by atoms with E-state index in [4.69, 9.17) is 14.3 Å². The number of amides is 1. The summed E-state index contributed by atoms with van der Waals surface area (Å²) in [6, 6.07) is 14.2. The van der Waals surface area contributed by atoms with E-state index in [1.165, 1.54) is 12.1 Å². The Bertz CT molecular complexity index is 1150. The molecule has 1 saturated heterocycles. The van der Waals surface area contributed by atoms with Gasteiger partial charge in [0.1, 0.15) is 12.4 Å². The maximum absolute atomic E-state index is 13.7. The molecule has 0 unspecified atom stereocenters. The lowest BCUT2D eigenvalue weighted by molar-refractivity contribution is -0.145. The van der Waals surface area contributed by atoms with E-state index in [-0.39, 0.29) is 17.4 Å². The first-order valence-corrected chi connectivity index (χ1v) is 15.2. The van der Waals surface area contributed by atoms with Crippen LogP contribution in [0.4, 0.5) is 4.79 Å². The maximum Gasteiger partial charge on any atom is 0.404 e. The van der Waals surface area contributed by atoms with E-state index >= 15 is 0 Å². The zero-order valence-corrected chi connectivity index (χ0v) is 23.4. The molecule has 2 aliphatic rings. The second-order valence-corrected chi connectivity index (χ2v) is 11.9. The fourth-order valence-corrected chi connectivity index (χ4v) is 6.19. The summed E-state index contributed by atoms with van der Waals surface area (Å²) >= 11 is 0. The van der Waals surface area contributed by atoms with E-state index in [0.29, 0.717) is 38.4 Å². The lowest BCUT2D eigenvalue weighted by Crippen LogP contribution is -2.50. The van der Waals surface area contributed by atoms with E-state index < -0.39 is 34.8 Å². The molecule has 1 heterocycles. The normalized spacial score (nSPS) is 18.4. The monoisotopic (exact) mass is 577 g/mol. The second-order valence-electron chi connectivity index (χ2n) is 10.1. The van der Waals surface area contributed by atoms with Crippen LogP contribution < -0.4 is 10.1 Å². The summed E-state index contributed by atoms with van der Waals surface area (Å²) in [7, 11) is -4.17. The van der Waals surface area contributed by atoms with E-state index in [1.807, 2.05) is 30.3 Å². The summed E-state index contributed by atoms with van der Waals surface area (Å²) in [5.41, 5.74) is 0.802. The maximum atomic E-state index is 13.7. The minimum absolute atomic E-state index is 0.0102. The van der Waals surface area contributed by atoms with Crippen LogP contribution in [0.1, 0.15) is 31.2 Å². The first kappa shape index (κ1) is 30.2. The first-order valence-electron chi connectivity index (χ1n) is 13.7. The molecule has 2 aromatic carbocycles. The van der Waals surface area contributed by atoms with Crippen LogP contribution in [0.3, 0.4) is 0 Å². The molecule has 0 bridgehead atoms. The molecule has 1 aliphatic heterocycles. The Balaban J connectivity index is 1.45. The number of rotatable bonds is 14. The van der Waals surface area contributed by atoms with Crippen LogP contribution >= 0.6 is 0 Å². The highest BCUT2D eigenvalue weighted by atomic mass is 32.2. The first-order chi connectivity index (χ1) is 19.3. The number of morpholine rings is 1. The van der Waals surface area contributed by atoms with E-state index in [0.717, 1.165) is 42.5 Å². The molecular formula is C28H39N3O8S. The summed E-state index contributed by atoms with van der Waals surface area (Å²) in [4.78, 5) is 19.6. The number of aliphatic hydroxyl groups is 1. The van der Waals surface area contributed by atoms with Gasteiger partial charge in [-0.1, -0.05) is 47.6 Å². The molecule has 2 aromatic rings. The van der Waals surface area contributed by atoms with Crippen molar-refractivity contribution in [2.75, 3.05) is 46.0 Å². The number of nitrogens with zero attached hydrogens (tertiary/aromatic N) is 2. The molecule has 40 heavy (non-hydrogen) atoms. The second kappa shape index (κ2) is 14.8. The van der Waals surface area contributed by atoms with Crippen molar-refractivity contribution in [3.05, 3.63) is 60.2 Å². The van der Waals surface area contributed by atoms with Gasteiger partial charge in [-0.2, -0.15) is 0 Å². The molecule has 2 atom stereocenters. The highest BCUT2D eigenvalue weighted by molar-refractivity contribution is 7.89. The Hall–Kier alpha value is -2.74. The van der Waals surface area contributed by atoms with Gasteiger partial charge in [0.25, 0.3) is 10.0 Å². The molecule has 0 spiro atoms. The van der Waals surface area contributed by atoms with Crippen molar-refractivity contribution in [2.45, 2.75) is 55.2 Å². The molecule has 1 amide bonds. The summed E-state index contributed by atoms with van der Waals surface area (Å²) in [5.74, 6) is 0.545. The van der Waals surface area contributed by atoms with Gasteiger partial charge < -0.3 is 25.0 Å². The van der Waals surface area contributed by atoms with Gasteiger partial charge in [-0.15, -0.1) is 0 Å².